The molecule has 0 aromatic rings. The molecule has 0 bridgehead atoms. The molecule has 19 heavy (non-hydrogen) atoms. The Morgan fingerprint density at radius 3 is 2.53 bits per heavy atom. The minimum Gasteiger partial charge on any atom is -0.480 e. The van der Waals surface area contributed by atoms with Gasteiger partial charge < -0.3 is 15.3 Å². The average Bonchev–Trinajstić information content (AvgIpc) is 2.88. The monoisotopic (exact) mass is 288 g/mol. The van der Waals surface area contributed by atoms with Gasteiger partial charge in [0.1, 0.15) is 6.04 Å². The number of nitrogens with zero attached hydrogens (tertiary/aromatic N) is 1. The molecule has 1 aliphatic rings. The first-order valence-corrected chi connectivity index (χ1v) is 8.28. The van der Waals surface area contributed by atoms with Gasteiger partial charge in [0.25, 0.3) is 0 Å². The molecule has 2 N–H and O–H groups in total. The van der Waals surface area contributed by atoms with Crippen molar-refractivity contribution in [3.63, 3.8) is 0 Å². The molecule has 1 rings (SSSR count). The van der Waals surface area contributed by atoms with E-state index in [1.165, 1.54) is 0 Å². The summed E-state index contributed by atoms with van der Waals surface area (Å²) in [4.78, 5) is 25.1. The number of carboxylic acid groups (broad SMARTS) is 1. The van der Waals surface area contributed by atoms with Crippen LogP contribution in [0.3, 0.4) is 0 Å². The molecule has 1 saturated carbocycles. The molecule has 0 radical (unpaired) electrons. The van der Waals surface area contributed by atoms with Gasteiger partial charge in [0.15, 0.2) is 0 Å². The van der Waals surface area contributed by atoms with Crippen LogP contribution in [0.1, 0.15) is 39.0 Å². The lowest BCUT2D eigenvalue weighted by Gasteiger charge is -2.29. The lowest BCUT2D eigenvalue weighted by Crippen LogP contribution is -2.50. The van der Waals surface area contributed by atoms with Crippen LogP contribution in [0, 0.1) is 0 Å². The summed E-state index contributed by atoms with van der Waals surface area (Å²) in [6.07, 6.45) is 6.77. The zero-order valence-corrected chi connectivity index (χ0v) is 12.5. The number of aliphatic carboxylic acids is 1. The van der Waals surface area contributed by atoms with Gasteiger partial charge >= 0.3 is 12.0 Å². The van der Waals surface area contributed by atoms with Crippen LogP contribution < -0.4 is 5.32 Å². The van der Waals surface area contributed by atoms with Crippen molar-refractivity contribution in [1.82, 2.24) is 10.2 Å². The predicted molar refractivity (Wildman–Crippen MR) is 77.6 cm³/mol. The van der Waals surface area contributed by atoms with Gasteiger partial charge in [-0.3, -0.25) is 0 Å². The minimum atomic E-state index is -0.954. The predicted octanol–water partition coefficient (Wildman–Crippen LogP) is 2.17. The molecular formula is C13H24N2O3S. The van der Waals surface area contributed by atoms with Gasteiger partial charge in [-0.2, -0.15) is 11.8 Å². The second-order valence-electron chi connectivity index (χ2n) is 4.85. The summed E-state index contributed by atoms with van der Waals surface area (Å²) in [7, 11) is 0. The van der Waals surface area contributed by atoms with Crippen LogP contribution in [0.15, 0.2) is 0 Å². The zero-order chi connectivity index (χ0) is 14.3. The van der Waals surface area contributed by atoms with Gasteiger partial charge in [-0.1, -0.05) is 12.8 Å². The van der Waals surface area contributed by atoms with E-state index < -0.39 is 12.0 Å². The van der Waals surface area contributed by atoms with Gasteiger partial charge in [-0.25, -0.2) is 9.59 Å². The van der Waals surface area contributed by atoms with E-state index in [1.807, 2.05) is 13.2 Å². The summed E-state index contributed by atoms with van der Waals surface area (Å²) in [6, 6.07) is -0.738. The van der Waals surface area contributed by atoms with E-state index in [0.717, 1.165) is 31.4 Å². The zero-order valence-electron chi connectivity index (χ0n) is 11.7. The third-order valence-electron chi connectivity index (χ3n) is 3.57. The van der Waals surface area contributed by atoms with E-state index in [1.54, 1.807) is 16.7 Å². The number of carbonyl (C=O) groups is 2. The number of rotatable bonds is 7. The molecule has 5 nitrogen and oxygen atoms in total. The Balaban J connectivity index is 2.55. The molecule has 2 amide bonds. The van der Waals surface area contributed by atoms with Crippen LogP contribution in [0.5, 0.6) is 0 Å². The average molecular weight is 288 g/mol. The van der Waals surface area contributed by atoms with Crippen LogP contribution >= 0.6 is 11.8 Å². The molecule has 1 fully saturated rings. The second kappa shape index (κ2) is 8.30. The van der Waals surface area contributed by atoms with E-state index in [0.29, 0.717) is 13.0 Å². The Morgan fingerprint density at radius 1 is 1.42 bits per heavy atom. The lowest BCUT2D eigenvalue weighted by atomic mass is 10.2. The lowest BCUT2D eigenvalue weighted by molar-refractivity contribution is -0.139. The Morgan fingerprint density at radius 2 is 2.05 bits per heavy atom. The highest BCUT2D eigenvalue weighted by Gasteiger charge is 2.28. The van der Waals surface area contributed by atoms with Crippen LogP contribution in [-0.4, -0.2) is 52.6 Å². The molecule has 0 spiro atoms. The summed E-state index contributed by atoms with van der Waals surface area (Å²) in [6.45, 7) is 2.57. The number of hydrogen-bond donors (Lipinski definition) is 2. The van der Waals surface area contributed by atoms with Crippen LogP contribution in [-0.2, 0) is 4.79 Å². The molecule has 0 aromatic heterocycles. The first-order valence-electron chi connectivity index (χ1n) is 6.89. The third-order valence-corrected chi connectivity index (χ3v) is 4.22. The molecule has 0 aromatic carbocycles. The van der Waals surface area contributed by atoms with Crippen molar-refractivity contribution in [2.75, 3.05) is 18.6 Å². The van der Waals surface area contributed by atoms with Crippen LogP contribution in [0.2, 0.25) is 0 Å². The van der Waals surface area contributed by atoms with E-state index in [2.05, 4.69) is 5.32 Å². The highest BCUT2D eigenvalue weighted by Crippen LogP contribution is 2.23. The number of urea groups is 1. The first kappa shape index (κ1) is 16.1. The number of nitrogens with one attached hydrogen (secondary N) is 1. The highest BCUT2D eigenvalue weighted by atomic mass is 32.2. The molecule has 0 heterocycles. The fourth-order valence-corrected chi connectivity index (χ4v) is 2.98. The standard InChI is InChI=1S/C13H24N2O3S/c1-3-15(10-6-4-5-7-10)13(18)14-11(12(16)17)8-9-19-2/h10-11H,3-9H2,1-2H3,(H,14,18)(H,16,17)/t11-/m0/s1. The fourth-order valence-electron chi connectivity index (χ4n) is 2.51. The van der Waals surface area contributed by atoms with E-state index in [-0.39, 0.29) is 12.1 Å². The Bertz CT molecular complexity index is 306. The smallest absolute Gasteiger partial charge is 0.326 e. The van der Waals surface area contributed by atoms with Gasteiger partial charge in [0.2, 0.25) is 0 Å². The molecule has 1 atom stereocenters. The largest absolute Gasteiger partial charge is 0.480 e. The summed E-state index contributed by atoms with van der Waals surface area (Å²) >= 11 is 1.59. The van der Waals surface area contributed by atoms with Crippen molar-refractivity contribution in [3.8, 4) is 0 Å². The second-order valence-corrected chi connectivity index (χ2v) is 5.83. The van der Waals surface area contributed by atoms with Crippen molar-refractivity contribution in [2.24, 2.45) is 0 Å². The molecule has 0 saturated heterocycles. The van der Waals surface area contributed by atoms with Gasteiger partial charge in [0, 0.05) is 12.6 Å². The van der Waals surface area contributed by atoms with E-state index >= 15 is 0 Å². The topological polar surface area (TPSA) is 69.6 Å². The van der Waals surface area contributed by atoms with Crippen molar-refractivity contribution in [2.45, 2.75) is 51.1 Å². The maximum atomic E-state index is 12.2. The SMILES string of the molecule is CCN(C(=O)N[C@@H](CCSC)C(=O)O)C1CCCC1. The number of thioether (sulfide) groups is 1. The maximum absolute atomic E-state index is 12.2. The molecule has 0 unspecified atom stereocenters. The van der Waals surface area contributed by atoms with Crippen molar-refractivity contribution < 1.29 is 14.7 Å². The van der Waals surface area contributed by atoms with Crippen LogP contribution in [0.4, 0.5) is 4.79 Å². The summed E-state index contributed by atoms with van der Waals surface area (Å²) < 4.78 is 0. The maximum Gasteiger partial charge on any atom is 0.326 e. The number of carbonyl (C=O) groups excluding carboxylic acids is 1. The van der Waals surface area contributed by atoms with Gasteiger partial charge in [0.05, 0.1) is 0 Å². The van der Waals surface area contributed by atoms with Crippen molar-refractivity contribution in [1.29, 1.82) is 0 Å². The van der Waals surface area contributed by atoms with Crippen molar-refractivity contribution >= 4 is 23.8 Å². The Hall–Kier alpha value is -0.910. The number of hydrogen-bond acceptors (Lipinski definition) is 3. The third kappa shape index (κ3) is 4.93. The molecule has 6 heteroatoms. The number of amides is 2. The van der Waals surface area contributed by atoms with Crippen molar-refractivity contribution in [3.05, 3.63) is 0 Å². The van der Waals surface area contributed by atoms with Gasteiger partial charge in [-0.15, -0.1) is 0 Å². The first-order chi connectivity index (χ1) is 9.10. The Kier molecular flexibility index (Phi) is 7.05. The van der Waals surface area contributed by atoms with E-state index in [4.69, 9.17) is 5.11 Å². The normalized spacial score (nSPS) is 17.2. The highest BCUT2D eigenvalue weighted by molar-refractivity contribution is 7.98. The minimum absolute atomic E-state index is 0.233. The molecule has 110 valence electrons. The van der Waals surface area contributed by atoms with Crippen LogP contribution in [0.25, 0.3) is 0 Å². The fraction of sp³-hybridized carbons (Fsp3) is 0.846. The Labute approximate surface area is 119 Å². The van der Waals surface area contributed by atoms with E-state index in [9.17, 15) is 9.59 Å². The quantitative estimate of drug-likeness (QED) is 0.753. The molecule has 1 aliphatic carbocycles. The summed E-state index contributed by atoms with van der Waals surface area (Å²) in [5, 5.41) is 11.8. The van der Waals surface area contributed by atoms with Gasteiger partial charge in [-0.05, 0) is 38.2 Å². The summed E-state index contributed by atoms with van der Waals surface area (Å²) in [5.41, 5.74) is 0. The number of carboxylic acids is 1. The summed E-state index contributed by atoms with van der Waals surface area (Å²) in [5.74, 6) is -0.225. The molecular weight excluding hydrogens is 264 g/mol. The molecule has 0 aliphatic heterocycles.